The Morgan fingerprint density at radius 1 is 1.08 bits per heavy atom. The maximum Gasteiger partial charge on any atom is 0.279 e. The fourth-order valence-corrected chi connectivity index (χ4v) is 2.15. The summed E-state index contributed by atoms with van der Waals surface area (Å²) >= 11 is 5.98. The zero-order valence-corrected chi connectivity index (χ0v) is 14.3. The Kier molecular flexibility index (Phi) is 6.21. The largest absolute Gasteiger partial charge is 0.479 e. The van der Waals surface area contributed by atoms with Gasteiger partial charge in [0.05, 0.1) is 5.02 Å². The highest BCUT2D eigenvalue weighted by molar-refractivity contribution is 6.32. The van der Waals surface area contributed by atoms with Crippen molar-refractivity contribution in [2.24, 2.45) is 0 Å². The molecule has 0 aliphatic rings. The van der Waals surface area contributed by atoms with Crippen molar-refractivity contribution in [3.8, 4) is 5.75 Å². The normalized spacial score (nSPS) is 11.5. The first-order valence-corrected chi connectivity index (χ1v) is 7.99. The molecule has 2 aromatic carbocycles. The number of halogens is 1. The summed E-state index contributed by atoms with van der Waals surface area (Å²) in [4.78, 5) is 24.0. The van der Waals surface area contributed by atoms with E-state index in [-0.39, 0.29) is 0 Å². The number of amides is 2. The molecule has 0 aliphatic carbocycles. The lowest BCUT2D eigenvalue weighted by molar-refractivity contribution is -0.128. The molecule has 0 radical (unpaired) electrons. The van der Waals surface area contributed by atoms with Crippen LogP contribution in [0.15, 0.2) is 48.5 Å². The molecule has 0 spiro atoms. The second-order valence-electron chi connectivity index (χ2n) is 5.18. The van der Waals surface area contributed by atoms with Crippen molar-refractivity contribution < 1.29 is 14.3 Å². The molecule has 2 aromatic rings. The minimum Gasteiger partial charge on any atom is -0.479 e. The number of hydrogen-bond acceptors (Lipinski definition) is 3. The van der Waals surface area contributed by atoms with Gasteiger partial charge in [0.15, 0.2) is 6.10 Å². The predicted molar refractivity (Wildman–Crippen MR) is 93.0 cm³/mol. The van der Waals surface area contributed by atoms with E-state index in [1.54, 1.807) is 43.3 Å². The number of para-hydroxylation sites is 1. The number of carbonyl (C=O) groups excluding carboxylic acids is 2. The van der Waals surface area contributed by atoms with E-state index in [0.717, 1.165) is 12.0 Å². The van der Waals surface area contributed by atoms with Crippen molar-refractivity contribution in [3.63, 3.8) is 0 Å². The van der Waals surface area contributed by atoms with Crippen LogP contribution in [0.5, 0.6) is 5.75 Å². The van der Waals surface area contributed by atoms with E-state index < -0.39 is 17.9 Å². The van der Waals surface area contributed by atoms with Crippen LogP contribution in [-0.2, 0) is 11.2 Å². The number of aryl methyl sites for hydroxylation is 1. The van der Waals surface area contributed by atoms with Crippen molar-refractivity contribution in [3.05, 3.63) is 64.7 Å². The van der Waals surface area contributed by atoms with Gasteiger partial charge in [-0.3, -0.25) is 20.4 Å². The Labute approximate surface area is 145 Å². The van der Waals surface area contributed by atoms with Gasteiger partial charge in [-0.15, -0.1) is 0 Å². The second kappa shape index (κ2) is 8.36. The zero-order chi connectivity index (χ0) is 17.5. The molecule has 1 atom stereocenters. The van der Waals surface area contributed by atoms with E-state index in [1.807, 2.05) is 19.1 Å². The number of nitrogens with one attached hydrogen (secondary N) is 2. The molecule has 0 saturated carbocycles. The van der Waals surface area contributed by atoms with Crippen molar-refractivity contribution in [2.45, 2.75) is 26.4 Å². The summed E-state index contributed by atoms with van der Waals surface area (Å²) < 4.78 is 5.48. The molecule has 0 bridgehead atoms. The number of hydrogen-bond donors (Lipinski definition) is 2. The molecular formula is C18H19ClN2O3. The summed E-state index contributed by atoms with van der Waals surface area (Å²) in [7, 11) is 0. The molecule has 2 rings (SSSR count). The first-order chi connectivity index (χ1) is 11.5. The van der Waals surface area contributed by atoms with Crippen molar-refractivity contribution in [2.75, 3.05) is 0 Å². The van der Waals surface area contributed by atoms with Crippen LogP contribution in [0.1, 0.15) is 29.8 Å². The van der Waals surface area contributed by atoms with E-state index in [9.17, 15) is 9.59 Å². The monoisotopic (exact) mass is 346 g/mol. The van der Waals surface area contributed by atoms with Crippen LogP contribution in [0.25, 0.3) is 0 Å². The van der Waals surface area contributed by atoms with Gasteiger partial charge in [-0.1, -0.05) is 42.8 Å². The number of ether oxygens (including phenoxy) is 1. The van der Waals surface area contributed by atoms with Gasteiger partial charge in [0.25, 0.3) is 11.8 Å². The number of carbonyl (C=O) groups is 2. The quantitative estimate of drug-likeness (QED) is 0.817. The Hall–Kier alpha value is -2.53. The lowest BCUT2D eigenvalue weighted by Gasteiger charge is -2.16. The summed E-state index contributed by atoms with van der Waals surface area (Å²) in [6.07, 6.45) is 0.0860. The molecule has 1 unspecified atom stereocenters. The van der Waals surface area contributed by atoms with Gasteiger partial charge in [-0.05, 0) is 43.2 Å². The third-order valence-electron chi connectivity index (χ3n) is 3.43. The SMILES string of the molecule is CCc1ccc(C(=O)NNC(=O)C(C)Oc2ccccc2Cl)cc1. The maximum absolute atomic E-state index is 12.0. The Bertz CT molecular complexity index is 716. The standard InChI is InChI=1S/C18H19ClN2O3/c1-3-13-8-10-14(11-9-13)18(23)21-20-17(22)12(2)24-16-7-5-4-6-15(16)19/h4-12H,3H2,1-2H3,(H,20,22)(H,21,23). The summed E-state index contributed by atoms with van der Waals surface area (Å²) in [6, 6.07) is 14.0. The molecule has 6 heteroatoms. The summed E-state index contributed by atoms with van der Waals surface area (Å²) in [5.41, 5.74) is 6.31. The fourth-order valence-electron chi connectivity index (χ4n) is 1.97. The first kappa shape index (κ1) is 17.8. The average molecular weight is 347 g/mol. The molecule has 126 valence electrons. The van der Waals surface area contributed by atoms with E-state index >= 15 is 0 Å². The van der Waals surface area contributed by atoms with Crippen molar-refractivity contribution in [1.29, 1.82) is 0 Å². The summed E-state index contributed by atoms with van der Waals surface area (Å²) in [6.45, 7) is 3.61. The van der Waals surface area contributed by atoms with Crippen molar-refractivity contribution in [1.82, 2.24) is 10.9 Å². The number of rotatable bonds is 5. The van der Waals surface area contributed by atoms with Crippen LogP contribution in [-0.4, -0.2) is 17.9 Å². The van der Waals surface area contributed by atoms with Crippen LogP contribution in [0.2, 0.25) is 5.02 Å². The predicted octanol–water partition coefficient (Wildman–Crippen LogP) is 3.13. The van der Waals surface area contributed by atoms with Gasteiger partial charge in [0, 0.05) is 5.56 Å². The average Bonchev–Trinajstić information content (AvgIpc) is 2.61. The van der Waals surface area contributed by atoms with Gasteiger partial charge in [-0.25, -0.2) is 0 Å². The lowest BCUT2D eigenvalue weighted by Crippen LogP contribution is -2.47. The van der Waals surface area contributed by atoms with Crippen LogP contribution in [0, 0.1) is 0 Å². The first-order valence-electron chi connectivity index (χ1n) is 7.61. The minimum atomic E-state index is -0.812. The van der Waals surface area contributed by atoms with E-state index in [1.165, 1.54) is 0 Å². The molecule has 0 fully saturated rings. The number of benzene rings is 2. The summed E-state index contributed by atoms with van der Waals surface area (Å²) in [5.74, 6) is -0.465. The van der Waals surface area contributed by atoms with Gasteiger partial charge in [0.1, 0.15) is 5.75 Å². The van der Waals surface area contributed by atoms with Crippen LogP contribution >= 0.6 is 11.6 Å². The Morgan fingerprint density at radius 2 is 1.75 bits per heavy atom. The number of hydrazine groups is 1. The van der Waals surface area contributed by atoms with E-state index in [4.69, 9.17) is 16.3 Å². The molecule has 0 saturated heterocycles. The fraction of sp³-hybridized carbons (Fsp3) is 0.222. The molecule has 2 N–H and O–H groups in total. The smallest absolute Gasteiger partial charge is 0.279 e. The zero-order valence-electron chi connectivity index (χ0n) is 13.5. The highest BCUT2D eigenvalue weighted by Crippen LogP contribution is 2.24. The molecule has 0 aliphatic heterocycles. The molecule has 2 amide bonds. The van der Waals surface area contributed by atoms with E-state index in [2.05, 4.69) is 10.9 Å². The topological polar surface area (TPSA) is 67.4 Å². The third kappa shape index (κ3) is 4.73. The Morgan fingerprint density at radius 3 is 2.38 bits per heavy atom. The van der Waals surface area contributed by atoms with E-state index in [0.29, 0.717) is 16.3 Å². The van der Waals surface area contributed by atoms with Crippen LogP contribution in [0.3, 0.4) is 0 Å². The maximum atomic E-state index is 12.0. The second-order valence-corrected chi connectivity index (χ2v) is 5.59. The molecule has 5 nitrogen and oxygen atoms in total. The van der Waals surface area contributed by atoms with Crippen LogP contribution < -0.4 is 15.6 Å². The Balaban J connectivity index is 1.87. The van der Waals surface area contributed by atoms with Gasteiger partial charge in [-0.2, -0.15) is 0 Å². The lowest BCUT2D eigenvalue weighted by atomic mass is 10.1. The summed E-state index contributed by atoms with van der Waals surface area (Å²) in [5, 5.41) is 0.414. The highest BCUT2D eigenvalue weighted by atomic mass is 35.5. The molecule has 0 heterocycles. The van der Waals surface area contributed by atoms with Gasteiger partial charge >= 0.3 is 0 Å². The molecule has 0 aromatic heterocycles. The van der Waals surface area contributed by atoms with Crippen molar-refractivity contribution >= 4 is 23.4 Å². The van der Waals surface area contributed by atoms with Gasteiger partial charge in [0.2, 0.25) is 0 Å². The third-order valence-corrected chi connectivity index (χ3v) is 3.75. The van der Waals surface area contributed by atoms with Crippen LogP contribution in [0.4, 0.5) is 0 Å². The molecular weight excluding hydrogens is 328 g/mol. The minimum absolute atomic E-state index is 0.393. The highest BCUT2D eigenvalue weighted by Gasteiger charge is 2.17. The van der Waals surface area contributed by atoms with Gasteiger partial charge < -0.3 is 4.74 Å². The molecule has 24 heavy (non-hydrogen) atoms.